The van der Waals surface area contributed by atoms with Crippen LogP contribution in [0.3, 0.4) is 0 Å². The second kappa shape index (κ2) is 7.83. The van der Waals surface area contributed by atoms with Crippen LogP contribution in [0.15, 0.2) is 30.3 Å². The van der Waals surface area contributed by atoms with E-state index >= 15 is 0 Å². The van der Waals surface area contributed by atoms with E-state index in [0.717, 1.165) is 80.2 Å². The van der Waals surface area contributed by atoms with Crippen LogP contribution in [0.4, 0.5) is 11.4 Å². The fraction of sp³-hybridized carbons (Fsp3) is 0.500. The average molecular weight is 450 g/mol. The lowest BCUT2D eigenvalue weighted by Crippen LogP contribution is -2.46. The second-order valence-corrected chi connectivity index (χ2v) is 9.52. The van der Waals surface area contributed by atoms with Gasteiger partial charge in [0.15, 0.2) is 11.5 Å². The van der Waals surface area contributed by atoms with Gasteiger partial charge in [0.05, 0.1) is 5.69 Å². The highest BCUT2D eigenvalue weighted by Crippen LogP contribution is 2.57. The number of unbranched alkanes of at least 4 members (excludes halogenated alkanes) is 2. The number of fused-ring (bicyclic) bond motifs is 5. The topological polar surface area (TPSA) is 54.5 Å². The van der Waals surface area contributed by atoms with E-state index in [1.807, 2.05) is 17.0 Å². The van der Waals surface area contributed by atoms with Gasteiger partial charge in [-0.2, -0.15) is 0 Å². The third-order valence-corrected chi connectivity index (χ3v) is 7.56. The maximum absolute atomic E-state index is 14.3. The predicted octanol–water partition coefficient (Wildman–Crippen LogP) is 3.38. The number of likely N-dealkylation sites (N-methyl/N-ethyl adjacent to an activating group) is 1. The van der Waals surface area contributed by atoms with Gasteiger partial charge in [-0.3, -0.25) is 4.79 Å². The summed E-state index contributed by atoms with van der Waals surface area (Å²) in [7, 11) is 2.16. The van der Waals surface area contributed by atoms with Gasteiger partial charge < -0.3 is 28.9 Å². The number of ether oxygens (including phenoxy) is 3. The van der Waals surface area contributed by atoms with Crippen LogP contribution in [-0.2, 0) is 10.2 Å². The minimum atomic E-state index is -0.849. The molecule has 4 aliphatic rings. The molecule has 0 radical (unpaired) electrons. The SMILES string of the molecule is CCCCCN1C(=O)C2(COc3cc4c(cc32)OCO4)c2c(N3CCN(C)CC3)cccc21. The van der Waals surface area contributed by atoms with Crippen molar-refractivity contribution >= 4 is 17.3 Å². The van der Waals surface area contributed by atoms with Crippen LogP contribution in [-0.4, -0.2) is 64.0 Å². The Hall–Kier alpha value is -2.93. The smallest absolute Gasteiger partial charge is 0.245 e. The molecule has 0 aromatic heterocycles. The molecule has 2 aromatic carbocycles. The zero-order chi connectivity index (χ0) is 22.6. The quantitative estimate of drug-likeness (QED) is 0.653. The van der Waals surface area contributed by atoms with Gasteiger partial charge >= 0.3 is 0 Å². The molecule has 0 saturated carbocycles. The maximum atomic E-state index is 14.3. The van der Waals surface area contributed by atoms with Crippen LogP contribution in [0.25, 0.3) is 0 Å². The Morgan fingerprint density at radius 2 is 1.70 bits per heavy atom. The molecule has 2 aromatic rings. The van der Waals surface area contributed by atoms with Gasteiger partial charge in [0.2, 0.25) is 12.7 Å². The van der Waals surface area contributed by atoms with Crippen LogP contribution in [0.2, 0.25) is 0 Å². The monoisotopic (exact) mass is 449 g/mol. The molecular weight excluding hydrogens is 418 g/mol. The van der Waals surface area contributed by atoms with Crippen molar-refractivity contribution in [1.82, 2.24) is 4.90 Å². The molecule has 1 atom stereocenters. The number of carbonyl (C=O) groups excluding carboxylic acids is 1. The Morgan fingerprint density at radius 3 is 2.48 bits per heavy atom. The largest absolute Gasteiger partial charge is 0.491 e. The van der Waals surface area contributed by atoms with Crippen molar-refractivity contribution in [3.05, 3.63) is 41.5 Å². The van der Waals surface area contributed by atoms with E-state index in [0.29, 0.717) is 18.1 Å². The summed E-state index contributed by atoms with van der Waals surface area (Å²) in [6.45, 7) is 7.35. The van der Waals surface area contributed by atoms with Gasteiger partial charge in [0, 0.05) is 55.6 Å². The molecule has 1 fully saturated rings. The summed E-state index contributed by atoms with van der Waals surface area (Å²) in [5.41, 5.74) is 3.33. The highest BCUT2D eigenvalue weighted by Gasteiger charge is 2.58. The Kier molecular flexibility index (Phi) is 4.91. The number of nitrogens with zero attached hydrogens (tertiary/aromatic N) is 3. The molecular formula is C26H31N3O4. The molecule has 1 saturated heterocycles. The van der Waals surface area contributed by atoms with Crippen molar-refractivity contribution in [2.75, 3.05) is 63.0 Å². The van der Waals surface area contributed by atoms with E-state index in [-0.39, 0.29) is 12.7 Å². The van der Waals surface area contributed by atoms with E-state index in [1.54, 1.807) is 0 Å². The first-order valence-corrected chi connectivity index (χ1v) is 12.1. The summed E-state index contributed by atoms with van der Waals surface area (Å²) < 4.78 is 17.5. The maximum Gasteiger partial charge on any atom is 0.245 e. The standard InChI is InChI=1S/C26H31N3O4/c1-3-4-5-9-29-20-8-6-7-19(28-12-10-27(2)11-13-28)24(20)26(25(29)30)16-31-21-15-23-22(14-18(21)26)32-17-33-23/h6-8,14-15H,3-5,9-13,16-17H2,1-2H3. The zero-order valence-corrected chi connectivity index (χ0v) is 19.4. The minimum absolute atomic E-state index is 0.118. The fourth-order valence-corrected chi connectivity index (χ4v) is 5.71. The van der Waals surface area contributed by atoms with E-state index in [2.05, 4.69) is 42.0 Å². The van der Waals surface area contributed by atoms with Crippen molar-refractivity contribution in [2.24, 2.45) is 0 Å². The summed E-state index contributed by atoms with van der Waals surface area (Å²) in [6, 6.07) is 10.3. The third-order valence-electron chi connectivity index (χ3n) is 7.56. The van der Waals surface area contributed by atoms with Gasteiger partial charge in [0.25, 0.3) is 0 Å². The fourth-order valence-electron chi connectivity index (χ4n) is 5.71. The molecule has 33 heavy (non-hydrogen) atoms. The van der Waals surface area contributed by atoms with E-state index in [9.17, 15) is 4.79 Å². The molecule has 7 nitrogen and oxygen atoms in total. The van der Waals surface area contributed by atoms with Crippen LogP contribution in [0.5, 0.6) is 17.2 Å². The van der Waals surface area contributed by atoms with E-state index < -0.39 is 5.41 Å². The molecule has 4 aliphatic heterocycles. The average Bonchev–Trinajstić information content (AvgIpc) is 3.50. The van der Waals surface area contributed by atoms with Gasteiger partial charge in [-0.05, 0) is 31.7 Å². The number of rotatable bonds is 5. The first-order chi connectivity index (χ1) is 16.1. The lowest BCUT2D eigenvalue weighted by Gasteiger charge is -2.36. The van der Waals surface area contributed by atoms with Gasteiger partial charge in [-0.15, -0.1) is 0 Å². The van der Waals surface area contributed by atoms with Crippen molar-refractivity contribution in [1.29, 1.82) is 0 Å². The number of amides is 1. The number of hydrogen-bond donors (Lipinski definition) is 0. The van der Waals surface area contributed by atoms with Crippen molar-refractivity contribution in [3.63, 3.8) is 0 Å². The Labute approximate surface area is 194 Å². The van der Waals surface area contributed by atoms with Crippen LogP contribution >= 0.6 is 0 Å². The van der Waals surface area contributed by atoms with Crippen LogP contribution < -0.4 is 24.0 Å². The van der Waals surface area contributed by atoms with Gasteiger partial charge in [-0.1, -0.05) is 25.8 Å². The first kappa shape index (κ1) is 20.7. The van der Waals surface area contributed by atoms with Crippen molar-refractivity contribution < 1.29 is 19.0 Å². The Balaban J connectivity index is 1.51. The first-order valence-electron chi connectivity index (χ1n) is 12.1. The summed E-state index contributed by atoms with van der Waals surface area (Å²) >= 11 is 0. The Bertz CT molecular complexity index is 1100. The Morgan fingerprint density at radius 1 is 0.939 bits per heavy atom. The van der Waals surface area contributed by atoms with E-state index in [1.165, 1.54) is 0 Å². The van der Waals surface area contributed by atoms with Gasteiger partial charge in [0.1, 0.15) is 17.8 Å². The molecule has 174 valence electrons. The number of anilines is 2. The summed E-state index contributed by atoms with van der Waals surface area (Å²) in [5, 5.41) is 0. The molecule has 1 unspecified atom stereocenters. The molecule has 6 rings (SSSR count). The summed E-state index contributed by atoms with van der Waals surface area (Å²) in [5.74, 6) is 2.22. The number of piperazine rings is 1. The summed E-state index contributed by atoms with van der Waals surface area (Å²) in [4.78, 5) is 21.1. The molecule has 4 heterocycles. The molecule has 0 N–H and O–H groups in total. The molecule has 0 bridgehead atoms. The normalized spacial score (nSPS) is 23.3. The van der Waals surface area contributed by atoms with Crippen molar-refractivity contribution in [3.8, 4) is 17.2 Å². The van der Waals surface area contributed by atoms with Crippen molar-refractivity contribution in [2.45, 2.75) is 31.6 Å². The number of hydrogen-bond acceptors (Lipinski definition) is 6. The third kappa shape index (κ3) is 3.01. The number of benzene rings is 2. The molecule has 7 heteroatoms. The molecule has 0 aliphatic carbocycles. The predicted molar refractivity (Wildman–Crippen MR) is 127 cm³/mol. The highest BCUT2D eigenvalue weighted by molar-refractivity contribution is 6.13. The minimum Gasteiger partial charge on any atom is -0.491 e. The zero-order valence-electron chi connectivity index (χ0n) is 19.4. The van der Waals surface area contributed by atoms with Gasteiger partial charge in [-0.25, -0.2) is 0 Å². The number of carbonyl (C=O) groups is 1. The lowest BCUT2D eigenvalue weighted by molar-refractivity contribution is -0.122. The molecule has 1 amide bonds. The van der Waals surface area contributed by atoms with Crippen LogP contribution in [0, 0.1) is 0 Å². The molecule has 1 spiro atoms. The second-order valence-electron chi connectivity index (χ2n) is 9.52. The summed E-state index contributed by atoms with van der Waals surface area (Å²) in [6.07, 6.45) is 3.22. The van der Waals surface area contributed by atoms with Crippen LogP contribution in [0.1, 0.15) is 37.3 Å². The van der Waals surface area contributed by atoms with E-state index in [4.69, 9.17) is 14.2 Å². The highest BCUT2D eigenvalue weighted by atomic mass is 16.7. The lowest BCUT2D eigenvalue weighted by atomic mass is 9.76.